The second-order valence-electron chi connectivity index (χ2n) is 4.12. The van der Waals surface area contributed by atoms with Crippen molar-refractivity contribution in [3.05, 3.63) is 0 Å². The van der Waals surface area contributed by atoms with E-state index in [0.29, 0.717) is 0 Å². The van der Waals surface area contributed by atoms with Gasteiger partial charge in [0.25, 0.3) is 0 Å². The molecule has 0 N–H and O–H groups in total. The predicted octanol–water partition coefficient (Wildman–Crippen LogP) is -0.542. The van der Waals surface area contributed by atoms with Crippen molar-refractivity contribution in [1.82, 2.24) is 4.90 Å². The van der Waals surface area contributed by atoms with Gasteiger partial charge in [0.1, 0.15) is 5.25 Å². The molecule has 0 aliphatic carbocycles. The van der Waals surface area contributed by atoms with Crippen LogP contribution in [-0.4, -0.2) is 70.6 Å². The Morgan fingerprint density at radius 2 is 1.79 bits per heavy atom. The van der Waals surface area contributed by atoms with Gasteiger partial charge in [-0.15, -0.1) is 0 Å². The van der Waals surface area contributed by atoms with Gasteiger partial charge in [-0.25, -0.2) is 8.42 Å². The number of hydrogen-bond donors (Lipinski definition) is 0. The van der Waals surface area contributed by atoms with Crippen LogP contribution in [0, 0.1) is 0 Å². The minimum Gasteiger partial charge on any atom is -0.469 e. The van der Waals surface area contributed by atoms with E-state index >= 15 is 0 Å². The van der Waals surface area contributed by atoms with Crippen molar-refractivity contribution in [3.63, 3.8) is 0 Å². The zero-order valence-corrected chi connectivity index (χ0v) is 12.5. The maximum atomic E-state index is 12.0. The van der Waals surface area contributed by atoms with E-state index in [9.17, 15) is 18.0 Å². The highest BCUT2D eigenvalue weighted by atomic mass is 32.2. The first-order valence-electron chi connectivity index (χ1n) is 5.77. The molecule has 0 aromatic carbocycles. The molecule has 0 saturated carbocycles. The molecule has 0 aromatic heterocycles. The standard InChI is InChI=1S/C11H21NO6S/c1-9(19(4,15)16)11(14)12(7-8-17-2)6-5-10(13)18-3/h9H,5-8H2,1-4H3. The highest BCUT2D eigenvalue weighted by Crippen LogP contribution is 2.05. The van der Waals surface area contributed by atoms with E-state index < -0.39 is 27.0 Å². The third-order valence-corrected chi connectivity index (χ3v) is 4.17. The summed E-state index contributed by atoms with van der Waals surface area (Å²) in [5, 5.41) is -1.14. The molecule has 7 nitrogen and oxygen atoms in total. The molecule has 0 aliphatic heterocycles. The molecule has 112 valence electrons. The molecule has 0 saturated heterocycles. The smallest absolute Gasteiger partial charge is 0.307 e. The minimum atomic E-state index is -3.46. The van der Waals surface area contributed by atoms with E-state index in [4.69, 9.17) is 4.74 Å². The number of esters is 1. The van der Waals surface area contributed by atoms with Gasteiger partial charge in [0.05, 0.1) is 20.1 Å². The normalized spacial score (nSPS) is 12.8. The lowest BCUT2D eigenvalue weighted by Gasteiger charge is -2.24. The fourth-order valence-corrected chi connectivity index (χ4v) is 1.82. The Hall–Kier alpha value is -1.15. The second-order valence-corrected chi connectivity index (χ2v) is 6.48. The average Bonchev–Trinajstić information content (AvgIpc) is 2.35. The van der Waals surface area contributed by atoms with Crippen molar-refractivity contribution >= 4 is 21.7 Å². The molecule has 0 fully saturated rings. The summed E-state index contributed by atoms with van der Waals surface area (Å²) >= 11 is 0. The molecule has 8 heteroatoms. The largest absolute Gasteiger partial charge is 0.469 e. The van der Waals surface area contributed by atoms with E-state index in [2.05, 4.69) is 4.74 Å². The summed E-state index contributed by atoms with van der Waals surface area (Å²) in [5.74, 6) is -0.995. The number of methoxy groups -OCH3 is 2. The van der Waals surface area contributed by atoms with Gasteiger partial charge < -0.3 is 14.4 Å². The summed E-state index contributed by atoms with van der Waals surface area (Å²) < 4.78 is 32.1. The Balaban J connectivity index is 4.73. The van der Waals surface area contributed by atoms with Crippen LogP contribution in [0.3, 0.4) is 0 Å². The number of sulfone groups is 1. The predicted molar refractivity (Wildman–Crippen MR) is 69.4 cm³/mol. The molecule has 1 amide bonds. The molecule has 0 heterocycles. The highest BCUT2D eigenvalue weighted by Gasteiger charge is 2.28. The fourth-order valence-electron chi connectivity index (χ4n) is 1.30. The van der Waals surface area contributed by atoms with E-state index in [-0.39, 0.29) is 26.1 Å². The highest BCUT2D eigenvalue weighted by molar-refractivity contribution is 7.92. The summed E-state index contributed by atoms with van der Waals surface area (Å²) in [6, 6.07) is 0. The molecule has 1 atom stereocenters. The fraction of sp³-hybridized carbons (Fsp3) is 0.818. The second kappa shape index (κ2) is 8.11. The number of carbonyl (C=O) groups is 2. The first-order valence-corrected chi connectivity index (χ1v) is 7.73. The zero-order chi connectivity index (χ0) is 15.1. The maximum Gasteiger partial charge on any atom is 0.307 e. The summed E-state index contributed by atoms with van der Waals surface area (Å²) in [5.41, 5.74) is 0. The first kappa shape index (κ1) is 17.8. The minimum absolute atomic E-state index is 0.0163. The topological polar surface area (TPSA) is 90.0 Å². The summed E-state index contributed by atoms with van der Waals surface area (Å²) in [6.07, 6.45) is 1.02. The maximum absolute atomic E-state index is 12.0. The van der Waals surface area contributed by atoms with Crippen molar-refractivity contribution in [3.8, 4) is 0 Å². The average molecular weight is 295 g/mol. The lowest BCUT2D eigenvalue weighted by molar-refractivity contribution is -0.141. The lowest BCUT2D eigenvalue weighted by atomic mass is 10.3. The Morgan fingerprint density at radius 1 is 1.21 bits per heavy atom. The Bertz CT molecular complexity index is 405. The molecular weight excluding hydrogens is 274 g/mol. The molecule has 1 unspecified atom stereocenters. The van der Waals surface area contributed by atoms with Crippen molar-refractivity contribution in [2.75, 3.05) is 40.2 Å². The summed E-state index contributed by atoms with van der Waals surface area (Å²) in [7, 11) is -0.737. The molecule has 0 rings (SSSR count). The molecule has 0 spiro atoms. The van der Waals surface area contributed by atoms with Gasteiger partial charge in [-0.05, 0) is 6.92 Å². The van der Waals surface area contributed by atoms with Gasteiger partial charge >= 0.3 is 5.97 Å². The number of carbonyl (C=O) groups excluding carboxylic acids is 2. The molecule has 19 heavy (non-hydrogen) atoms. The quantitative estimate of drug-likeness (QED) is 0.559. The van der Waals surface area contributed by atoms with E-state index in [0.717, 1.165) is 6.26 Å². The number of rotatable bonds is 8. The van der Waals surface area contributed by atoms with Gasteiger partial charge in [0.2, 0.25) is 5.91 Å². The van der Waals surface area contributed by atoms with Crippen molar-refractivity contribution in [2.24, 2.45) is 0 Å². The first-order chi connectivity index (χ1) is 8.73. The molecule has 0 aliphatic rings. The molecule has 0 bridgehead atoms. The van der Waals surface area contributed by atoms with Crippen LogP contribution in [0.1, 0.15) is 13.3 Å². The van der Waals surface area contributed by atoms with Crippen LogP contribution in [-0.2, 0) is 28.9 Å². The van der Waals surface area contributed by atoms with E-state index in [1.807, 2.05) is 0 Å². The van der Waals surface area contributed by atoms with Crippen LogP contribution in [0.5, 0.6) is 0 Å². The molecule has 0 aromatic rings. The van der Waals surface area contributed by atoms with Crippen LogP contribution in [0.25, 0.3) is 0 Å². The van der Waals surface area contributed by atoms with Gasteiger partial charge in [-0.3, -0.25) is 9.59 Å². The van der Waals surface area contributed by atoms with E-state index in [1.165, 1.54) is 26.0 Å². The lowest BCUT2D eigenvalue weighted by Crippen LogP contribution is -2.43. The molecule has 0 radical (unpaired) electrons. The van der Waals surface area contributed by atoms with Gasteiger partial charge in [0.15, 0.2) is 9.84 Å². The van der Waals surface area contributed by atoms with Gasteiger partial charge in [-0.1, -0.05) is 0 Å². The number of ether oxygens (including phenoxy) is 2. The van der Waals surface area contributed by atoms with Crippen LogP contribution < -0.4 is 0 Å². The number of nitrogens with zero attached hydrogens (tertiary/aromatic N) is 1. The van der Waals surface area contributed by atoms with Crippen LogP contribution in [0.15, 0.2) is 0 Å². The number of hydrogen-bond acceptors (Lipinski definition) is 6. The Labute approximate surface area is 113 Å². The number of amides is 1. The van der Waals surface area contributed by atoms with Crippen LogP contribution in [0.4, 0.5) is 0 Å². The van der Waals surface area contributed by atoms with Crippen LogP contribution in [0.2, 0.25) is 0 Å². The molecular formula is C11H21NO6S. The SMILES string of the molecule is COCCN(CCC(=O)OC)C(=O)C(C)S(C)(=O)=O. The Kier molecular flexibility index (Phi) is 7.62. The van der Waals surface area contributed by atoms with Crippen molar-refractivity contribution in [2.45, 2.75) is 18.6 Å². The summed E-state index contributed by atoms with van der Waals surface area (Å²) in [4.78, 5) is 24.4. The monoisotopic (exact) mass is 295 g/mol. The van der Waals surface area contributed by atoms with Crippen molar-refractivity contribution < 1.29 is 27.5 Å². The Morgan fingerprint density at radius 3 is 2.21 bits per heavy atom. The van der Waals surface area contributed by atoms with Gasteiger partial charge in [-0.2, -0.15) is 0 Å². The van der Waals surface area contributed by atoms with Crippen LogP contribution >= 0.6 is 0 Å². The van der Waals surface area contributed by atoms with Gasteiger partial charge in [0, 0.05) is 26.5 Å². The zero-order valence-electron chi connectivity index (χ0n) is 11.7. The third-order valence-electron chi connectivity index (χ3n) is 2.68. The van der Waals surface area contributed by atoms with Crippen molar-refractivity contribution in [1.29, 1.82) is 0 Å². The summed E-state index contributed by atoms with van der Waals surface area (Å²) in [6.45, 7) is 1.93. The third kappa shape index (κ3) is 6.53. The van der Waals surface area contributed by atoms with E-state index in [1.54, 1.807) is 0 Å².